The summed E-state index contributed by atoms with van der Waals surface area (Å²) in [6.07, 6.45) is 1.73. The fourth-order valence-electron chi connectivity index (χ4n) is 1.75. The average Bonchev–Trinajstić information content (AvgIpc) is 3.12. The molecule has 0 aromatic carbocycles. The van der Waals surface area contributed by atoms with Crippen LogP contribution in [0.4, 0.5) is 6.01 Å². The minimum Gasteiger partial charge on any atom is -0.405 e. The van der Waals surface area contributed by atoms with Crippen LogP contribution in [0.3, 0.4) is 0 Å². The zero-order valence-corrected chi connectivity index (χ0v) is 10.3. The van der Waals surface area contributed by atoms with Crippen molar-refractivity contribution in [2.75, 3.05) is 11.9 Å². The van der Waals surface area contributed by atoms with Gasteiger partial charge in [0.05, 0.1) is 4.88 Å². The summed E-state index contributed by atoms with van der Waals surface area (Å²) < 4.78 is 10.8. The Balaban J connectivity index is 1.68. The molecule has 18 heavy (non-hydrogen) atoms. The molecule has 7 heteroatoms. The summed E-state index contributed by atoms with van der Waals surface area (Å²) >= 11 is 1.36. The molecule has 2 aromatic heterocycles. The fourth-order valence-corrected chi connectivity index (χ4v) is 2.37. The van der Waals surface area contributed by atoms with Crippen molar-refractivity contribution < 1.29 is 13.9 Å². The molecule has 1 amide bonds. The molecule has 3 heterocycles. The Morgan fingerprint density at radius 1 is 1.50 bits per heavy atom. The van der Waals surface area contributed by atoms with E-state index in [0.29, 0.717) is 17.4 Å². The minimum atomic E-state index is -0.243. The molecule has 1 unspecified atom stereocenters. The molecule has 0 radical (unpaired) electrons. The first-order chi connectivity index (χ1) is 8.83. The molecular formula is C11H11N3O3S. The molecule has 1 fully saturated rings. The molecule has 1 atom stereocenters. The predicted molar refractivity (Wildman–Crippen MR) is 64.5 cm³/mol. The van der Waals surface area contributed by atoms with Gasteiger partial charge in [0.15, 0.2) is 0 Å². The van der Waals surface area contributed by atoms with Crippen LogP contribution in [0.2, 0.25) is 0 Å². The molecule has 0 saturated carbocycles. The third-order valence-corrected chi connectivity index (χ3v) is 3.48. The maximum absolute atomic E-state index is 11.7. The standard InChI is InChI=1S/C11H11N3O3S/c15-9(8-4-2-6-18-8)12-11-14-13-10(17-11)7-3-1-5-16-7/h2,4,6-7H,1,3,5H2,(H,12,14,15). The number of hydrogen-bond donors (Lipinski definition) is 1. The lowest BCUT2D eigenvalue weighted by Gasteiger charge is -2.01. The van der Waals surface area contributed by atoms with Crippen LogP contribution < -0.4 is 5.32 Å². The van der Waals surface area contributed by atoms with Crippen LogP contribution in [0.25, 0.3) is 0 Å². The van der Waals surface area contributed by atoms with Crippen LogP contribution in [-0.4, -0.2) is 22.7 Å². The summed E-state index contributed by atoms with van der Waals surface area (Å²) in [6.45, 7) is 0.712. The van der Waals surface area contributed by atoms with E-state index in [9.17, 15) is 4.79 Å². The van der Waals surface area contributed by atoms with Gasteiger partial charge in [-0.05, 0) is 24.3 Å². The molecule has 1 aliphatic rings. The molecule has 2 aromatic rings. The van der Waals surface area contributed by atoms with Gasteiger partial charge < -0.3 is 9.15 Å². The fraction of sp³-hybridized carbons (Fsp3) is 0.364. The van der Waals surface area contributed by atoms with Gasteiger partial charge in [-0.25, -0.2) is 0 Å². The number of amides is 1. The van der Waals surface area contributed by atoms with Crippen molar-refractivity contribution >= 4 is 23.3 Å². The van der Waals surface area contributed by atoms with Gasteiger partial charge in [-0.3, -0.25) is 10.1 Å². The molecule has 3 rings (SSSR count). The van der Waals surface area contributed by atoms with E-state index < -0.39 is 0 Å². The highest BCUT2D eigenvalue weighted by molar-refractivity contribution is 7.12. The normalized spacial score (nSPS) is 19.0. The number of rotatable bonds is 3. The van der Waals surface area contributed by atoms with Gasteiger partial charge in [0.25, 0.3) is 5.91 Å². The van der Waals surface area contributed by atoms with Gasteiger partial charge in [0, 0.05) is 6.61 Å². The number of ether oxygens (including phenoxy) is 1. The molecule has 0 bridgehead atoms. The quantitative estimate of drug-likeness (QED) is 0.920. The summed E-state index contributed by atoms with van der Waals surface area (Å²) in [5.74, 6) is 0.182. The monoisotopic (exact) mass is 265 g/mol. The second-order valence-corrected chi connectivity index (χ2v) is 4.83. The molecule has 0 aliphatic carbocycles. The minimum absolute atomic E-state index is 0.110. The van der Waals surface area contributed by atoms with Crippen LogP contribution in [0.5, 0.6) is 0 Å². The van der Waals surface area contributed by atoms with Crippen LogP contribution in [0, 0.1) is 0 Å². The number of aromatic nitrogens is 2. The number of carbonyl (C=O) groups is 1. The van der Waals surface area contributed by atoms with Crippen molar-refractivity contribution in [3.05, 3.63) is 28.3 Å². The van der Waals surface area contributed by atoms with E-state index in [0.717, 1.165) is 12.8 Å². The van der Waals surface area contributed by atoms with Gasteiger partial charge in [-0.2, -0.15) is 0 Å². The summed E-state index contributed by atoms with van der Waals surface area (Å²) in [4.78, 5) is 12.3. The van der Waals surface area contributed by atoms with Crippen LogP contribution >= 0.6 is 11.3 Å². The zero-order chi connectivity index (χ0) is 12.4. The second kappa shape index (κ2) is 4.87. The first kappa shape index (κ1) is 11.4. The lowest BCUT2D eigenvalue weighted by atomic mass is 10.2. The van der Waals surface area contributed by atoms with Gasteiger partial charge in [-0.15, -0.1) is 16.4 Å². The Morgan fingerprint density at radius 2 is 2.44 bits per heavy atom. The summed E-state index contributed by atoms with van der Waals surface area (Å²) in [7, 11) is 0. The first-order valence-electron chi connectivity index (χ1n) is 5.63. The van der Waals surface area contributed by atoms with Gasteiger partial charge >= 0.3 is 6.01 Å². The highest BCUT2D eigenvalue weighted by atomic mass is 32.1. The van der Waals surface area contributed by atoms with Crippen LogP contribution in [0.1, 0.15) is 34.5 Å². The molecule has 1 aliphatic heterocycles. The topological polar surface area (TPSA) is 77.2 Å². The molecule has 94 valence electrons. The Labute approximate surface area is 107 Å². The van der Waals surface area contributed by atoms with Crippen molar-refractivity contribution in [2.24, 2.45) is 0 Å². The van der Waals surface area contributed by atoms with Crippen molar-refractivity contribution in [2.45, 2.75) is 18.9 Å². The summed E-state index contributed by atoms with van der Waals surface area (Å²) in [5.41, 5.74) is 0. The van der Waals surface area contributed by atoms with E-state index >= 15 is 0 Å². The molecule has 6 nitrogen and oxygen atoms in total. The number of thiophene rings is 1. The number of nitrogens with zero attached hydrogens (tertiary/aromatic N) is 2. The highest BCUT2D eigenvalue weighted by Gasteiger charge is 2.24. The van der Waals surface area contributed by atoms with Crippen LogP contribution in [-0.2, 0) is 4.74 Å². The van der Waals surface area contributed by atoms with E-state index in [2.05, 4.69) is 15.5 Å². The lowest BCUT2D eigenvalue weighted by molar-refractivity contribution is 0.0893. The Hall–Kier alpha value is -1.73. The molecule has 1 N–H and O–H groups in total. The number of anilines is 1. The van der Waals surface area contributed by atoms with Gasteiger partial charge in [0.2, 0.25) is 5.89 Å². The summed E-state index contributed by atoms with van der Waals surface area (Å²) in [6, 6.07) is 3.65. The Kier molecular flexibility index (Phi) is 3.07. The first-order valence-corrected chi connectivity index (χ1v) is 6.51. The van der Waals surface area contributed by atoms with Crippen molar-refractivity contribution in [3.63, 3.8) is 0 Å². The number of hydrogen-bond acceptors (Lipinski definition) is 6. The van der Waals surface area contributed by atoms with E-state index in [1.165, 1.54) is 11.3 Å². The molecular weight excluding hydrogens is 254 g/mol. The number of nitrogens with one attached hydrogen (secondary N) is 1. The van der Waals surface area contributed by atoms with E-state index in [1.807, 2.05) is 11.4 Å². The van der Waals surface area contributed by atoms with Crippen LogP contribution in [0.15, 0.2) is 21.9 Å². The summed E-state index contributed by atoms with van der Waals surface area (Å²) in [5, 5.41) is 12.1. The smallest absolute Gasteiger partial charge is 0.322 e. The van der Waals surface area contributed by atoms with Crippen molar-refractivity contribution in [1.29, 1.82) is 0 Å². The average molecular weight is 265 g/mol. The third-order valence-electron chi connectivity index (χ3n) is 2.61. The lowest BCUT2D eigenvalue weighted by Crippen LogP contribution is -2.10. The van der Waals surface area contributed by atoms with E-state index in [1.54, 1.807) is 6.07 Å². The second-order valence-electron chi connectivity index (χ2n) is 3.88. The molecule has 1 saturated heterocycles. The number of carbonyl (C=O) groups excluding carboxylic acids is 1. The molecule has 0 spiro atoms. The Morgan fingerprint density at radius 3 is 3.17 bits per heavy atom. The van der Waals surface area contributed by atoms with Gasteiger partial charge in [0.1, 0.15) is 6.10 Å². The van der Waals surface area contributed by atoms with E-state index in [-0.39, 0.29) is 18.0 Å². The van der Waals surface area contributed by atoms with E-state index in [4.69, 9.17) is 9.15 Å². The SMILES string of the molecule is O=C(Nc1nnc(C2CCCO2)o1)c1cccs1. The van der Waals surface area contributed by atoms with Gasteiger partial charge in [-0.1, -0.05) is 11.2 Å². The maximum atomic E-state index is 11.7. The predicted octanol–water partition coefficient (Wildman–Crippen LogP) is 2.23. The third kappa shape index (κ3) is 2.27. The largest absolute Gasteiger partial charge is 0.405 e. The zero-order valence-electron chi connectivity index (χ0n) is 9.46. The highest BCUT2D eigenvalue weighted by Crippen LogP contribution is 2.28. The maximum Gasteiger partial charge on any atom is 0.322 e. The van der Waals surface area contributed by atoms with Crippen molar-refractivity contribution in [3.8, 4) is 0 Å². The Bertz CT molecular complexity index is 531. The van der Waals surface area contributed by atoms with Crippen molar-refractivity contribution in [1.82, 2.24) is 10.2 Å².